The predicted molar refractivity (Wildman–Crippen MR) is 102 cm³/mol. The minimum absolute atomic E-state index is 0.165. The highest BCUT2D eigenvalue weighted by Crippen LogP contribution is 2.54. The van der Waals surface area contributed by atoms with Gasteiger partial charge in [-0.05, 0) is 44.9 Å². The van der Waals surface area contributed by atoms with Gasteiger partial charge in [0.25, 0.3) is 0 Å². The van der Waals surface area contributed by atoms with Crippen molar-refractivity contribution in [1.29, 1.82) is 0 Å². The zero-order valence-electron chi connectivity index (χ0n) is 16.6. The Morgan fingerprint density at radius 2 is 1.58 bits per heavy atom. The van der Waals surface area contributed by atoms with Crippen LogP contribution in [0.2, 0.25) is 0 Å². The lowest BCUT2D eigenvalue weighted by atomic mass is 9.76. The molecule has 0 amide bonds. The highest BCUT2D eigenvalue weighted by molar-refractivity contribution is 9.10. The third-order valence-electron chi connectivity index (χ3n) is 3.31. The third-order valence-corrected chi connectivity index (χ3v) is 6.17. The summed E-state index contributed by atoms with van der Waals surface area (Å²) in [4.78, 5) is 11.9. The van der Waals surface area contributed by atoms with E-state index in [4.69, 9.17) is 13.8 Å². The molecule has 0 saturated carbocycles. The van der Waals surface area contributed by atoms with Crippen LogP contribution < -0.4 is 0 Å². The first-order chi connectivity index (χ1) is 10.5. The van der Waals surface area contributed by atoms with Crippen LogP contribution in [0.25, 0.3) is 0 Å². The molecule has 0 heterocycles. The van der Waals surface area contributed by atoms with Crippen molar-refractivity contribution in [2.75, 3.05) is 19.9 Å². The maximum absolute atomic E-state index is 12.8. The van der Waals surface area contributed by atoms with Crippen molar-refractivity contribution in [3.05, 3.63) is 0 Å². The summed E-state index contributed by atoms with van der Waals surface area (Å²) in [6.45, 7) is 15.6. The standard InChI is InChI=1S/C17H34BrO5P/c1-13(2)23-24(20,21-9)12-16(5,6)10-15(3,4)11-22-14(19)17(7,8)18/h13H,10-12H2,1-9H3. The molecule has 0 aromatic carbocycles. The van der Waals surface area contributed by atoms with Crippen LogP contribution in [0.4, 0.5) is 0 Å². The van der Waals surface area contributed by atoms with Crippen LogP contribution in [0.5, 0.6) is 0 Å². The molecule has 0 fully saturated rings. The van der Waals surface area contributed by atoms with Gasteiger partial charge in [0.15, 0.2) is 0 Å². The number of halogens is 1. The average molecular weight is 429 g/mol. The molecule has 0 radical (unpaired) electrons. The van der Waals surface area contributed by atoms with Crippen LogP contribution in [0.3, 0.4) is 0 Å². The van der Waals surface area contributed by atoms with Crippen molar-refractivity contribution >= 4 is 29.5 Å². The van der Waals surface area contributed by atoms with E-state index < -0.39 is 11.9 Å². The minimum Gasteiger partial charge on any atom is -0.464 e. The van der Waals surface area contributed by atoms with Crippen molar-refractivity contribution in [2.24, 2.45) is 10.8 Å². The molecule has 0 bridgehead atoms. The highest BCUT2D eigenvalue weighted by atomic mass is 79.9. The highest BCUT2D eigenvalue weighted by Gasteiger charge is 2.38. The quantitative estimate of drug-likeness (QED) is 0.264. The number of esters is 1. The van der Waals surface area contributed by atoms with E-state index in [9.17, 15) is 9.36 Å². The van der Waals surface area contributed by atoms with Gasteiger partial charge < -0.3 is 13.8 Å². The molecule has 7 heteroatoms. The van der Waals surface area contributed by atoms with E-state index in [0.29, 0.717) is 19.2 Å². The van der Waals surface area contributed by atoms with E-state index in [0.717, 1.165) is 0 Å². The lowest BCUT2D eigenvalue weighted by Gasteiger charge is -2.36. The maximum atomic E-state index is 12.8. The van der Waals surface area contributed by atoms with Crippen LogP contribution in [0.1, 0.15) is 61.8 Å². The Morgan fingerprint density at radius 1 is 1.08 bits per heavy atom. The van der Waals surface area contributed by atoms with Crippen LogP contribution in [-0.2, 0) is 23.1 Å². The second kappa shape index (κ2) is 8.66. The minimum atomic E-state index is -3.14. The zero-order valence-corrected chi connectivity index (χ0v) is 19.0. The number of ether oxygens (including phenoxy) is 1. The number of carbonyl (C=O) groups excluding carboxylic acids is 1. The molecule has 24 heavy (non-hydrogen) atoms. The van der Waals surface area contributed by atoms with Gasteiger partial charge >= 0.3 is 13.6 Å². The summed E-state index contributed by atoms with van der Waals surface area (Å²) in [6.07, 6.45) is 0.863. The first kappa shape index (κ1) is 24.1. The summed E-state index contributed by atoms with van der Waals surface area (Å²) >= 11 is 3.30. The number of carbonyl (C=O) groups is 1. The summed E-state index contributed by atoms with van der Waals surface area (Å²) < 4.78 is 28.2. The van der Waals surface area contributed by atoms with Crippen molar-refractivity contribution in [2.45, 2.75) is 72.2 Å². The average Bonchev–Trinajstić information content (AvgIpc) is 2.31. The fourth-order valence-electron chi connectivity index (χ4n) is 2.83. The Hall–Kier alpha value is 0.1000. The Labute approximate surface area is 155 Å². The van der Waals surface area contributed by atoms with Crippen LogP contribution in [0, 0.1) is 10.8 Å². The summed E-state index contributed by atoms with van der Waals surface area (Å²) in [6, 6.07) is 0. The van der Waals surface area contributed by atoms with Gasteiger partial charge in [-0.3, -0.25) is 9.36 Å². The van der Waals surface area contributed by atoms with Gasteiger partial charge in [0, 0.05) is 7.11 Å². The third kappa shape index (κ3) is 9.55. The lowest BCUT2D eigenvalue weighted by Crippen LogP contribution is -2.34. The summed E-state index contributed by atoms with van der Waals surface area (Å²) in [5.41, 5.74) is -0.548. The fourth-order valence-corrected chi connectivity index (χ4v) is 5.03. The Morgan fingerprint density at radius 3 is 1.96 bits per heavy atom. The molecule has 0 aliphatic rings. The first-order valence-electron chi connectivity index (χ1n) is 8.21. The molecule has 0 spiro atoms. The van der Waals surface area contributed by atoms with Crippen molar-refractivity contribution in [3.63, 3.8) is 0 Å². The van der Waals surface area contributed by atoms with Gasteiger partial charge in [-0.25, -0.2) is 0 Å². The molecule has 0 aliphatic carbocycles. The Kier molecular flexibility index (Phi) is 8.69. The summed E-state index contributed by atoms with van der Waals surface area (Å²) in [7, 11) is -1.72. The van der Waals surface area contributed by atoms with Gasteiger partial charge in [0.05, 0.1) is 18.9 Å². The van der Waals surface area contributed by atoms with E-state index in [1.54, 1.807) is 13.8 Å². The summed E-state index contributed by atoms with van der Waals surface area (Å²) in [5.74, 6) is -0.293. The smallest absolute Gasteiger partial charge is 0.331 e. The largest absolute Gasteiger partial charge is 0.464 e. The number of alkyl halides is 1. The van der Waals surface area contributed by atoms with E-state index in [-0.39, 0.29) is 22.9 Å². The van der Waals surface area contributed by atoms with Crippen LogP contribution >= 0.6 is 23.5 Å². The second-order valence-corrected chi connectivity index (χ2v) is 12.8. The molecule has 0 aliphatic heterocycles. The van der Waals surface area contributed by atoms with Gasteiger partial charge in [-0.2, -0.15) is 0 Å². The molecule has 1 unspecified atom stereocenters. The van der Waals surface area contributed by atoms with Gasteiger partial charge in [0.2, 0.25) is 0 Å². The monoisotopic (exact) mass is 428 g/mol. The molecular formula is C17H34BrO5P. The number of rotatable bonds is 10. The SMILES string of the molecule is COP(=O)(CC(C)(C)CC(C)(C)COC(=O)C(C)(C)Br)OC(C)C. The van der Waals surface area contributed by atoms with Gasteiger partial charge in [-0.1, -0.05) is 43.6 Å². The van der Waals surface area contributed by atoms with E-state index in [2.05, 4.69) is 15.9 Å². The maximum Gasteiger partial charge on any atom is 0.331 e. The normalized spacial score (nSPS) is 16.1. The topological polar surface area (TPSA) is 61.8 Å². The molecule has 0 N–H and O–H groups in total. The van der Waals surface area contributed by atoms with E-state index in [1.807, 2.05) is 41.5 Å². The zero-order chi connectivity index (χ0) is 19.4. The number of hydrogen-bond donors (Lipinski definition) is 0. The lowest BCUT2D eigenvalue weighted by molar-refractivity contribution is -0.149. The molecule has 0 rings (SSSR count). The first-order valence-corrected chi connectivity index (χ1v) is 10.7. The second-order valence-electron chi connectivity index (χ2n) is 8.66. The van der Waals surface area contributed by atoms with Crippen molar-refractivity contribution in [3.8, 4) is 0 Å². The van der Waals surface area contributed by atoms with Crippen LogP contribution in [0.15, 0.2) is 0 Å². The Balaban J connectivity index is 4.87. The molecule has 0 aromatic heterocycles. The Bertz CT molecular complexity index is 466. The molecule has 144 valence electrons. The molecule has 0 aromatic rings. The van der Waals surface area contributed by atoms with Gasteiger partial charge in [0.1, 0.15) is 4.32 Å². The van der Waals surface area contributed by atoms with Crippen molar-refractivity contribution < 1.29 is 23.1 Å². The number of hydrogen-bond acceptors (Lipinski definition) is 5. The summed E-state index contributed by atoms with van der Waals surface area (Å²) in [5, 5.41) is 0. The van der Waals surface area contributed by atoms with Gasteiger partial charge in [-0.15, -0.1) is 0 Å². The van der Waals surface area contributed by atoms with E-state index in [1.165, 1.54) is 7.11 Å². The fraction of sp³-hybridized carbons (Fsp3) is 0.941. The molecule has 0 saturated heterocycles. The van der Waals surface area contributed by atoms with E-state index >= 15 is 0 Å². The molecular weight excluding hydrogens is 395 g/mol. The molecule has 5 nitrogen and oxygen atoms in total. The molecule has 1 atom stereocenters. The van der Waals surface area contributed by atoms with Crippen LogP contribution in [-0.4, -0.2) is 36.3 Å². The predicted octanol–water partition coefficient (Wildman–Crippen LogP) is 5.41. The van der Waals surface area contributed by atoms with Crippen molar-refractivity contribution in [1.82, 2.24) is 0 Å².